The Labute approximate surface area is 316 Å². The molecule has 4 aromatic rings. The molecule has 2 aromatic heterocycles. The molecule has 8 nitrogen and oxygen atoms in total. The summed E-state index contributed by atoms with van der Waals surface area (Å²) >= 11 is 0. The fraction of sp³-hybridized carbons (Fsp3) is 0.512. The number of hydrogen-bond donors (Lipinski definition) is 2. The van der Waals surface area contributed by atoms with Crippen molar-refractivity contribution in [1.82, 2.24) is 9.97 Å². The quantitative estimate of drug-likeness (QED) is 0.158. The van der Waals surface area contributed by atoms with E-state index in [0.29, 0.717) is 30.7 Å². The van der Waals surface area contributed by atoms with E-state index < -0.39 is 0 Å². The van der Waals surface area contributed by atoms with Gasteiger partial charge >= 0.3 is 0 Å². The zero-order chi connectivity index (χ0) is 34.0. The topological polar surface area (TPSA) is 94.6 Å². The van der Waals surface area contributed by atoms with Gasteiger partial charge in [0.25, 0.3) is 0 Å². The summed E-state index contributed by atoms with van der Waals surface area (Å²) in [7, 11) is 0. The highest BCUT2D eigenvalue weighted by Gasteiger charge is 2.40. The number of ether oxygens (including phenoxy) is 3. The number of benzene rings is 2. The number of halogens is 1. The lowest BCUT2D eigenvalue weighted by Crippen LogP contribution is -2.39. The van der Waals surface area contributed by atoms with Gasteiger partial charge in [-0.1, -0.05) is 76.2 Å². The number of hydrogen-bond acceptors (Lipinski definition) is 8. The molecule has 2 aliphatic carbocycles. The zero-order valence-electron chi connectivity index (χ0n) is 31.5. The van der Waals surface area contributed by atoms with Gasteiger partial charge in [0.05, 0.1) is 13.2 Å². The lowest BCUT2D eigenvalue weighted by Gasteiger charge is -2.35. The maximum atomic E-state index is 11.2. The van der Waals surface area contributed by atoms with E-state index in [2.05, 4.69) is 63.1 Å². The molecule has 4 heterocycles. The van der Waals surface area contributed by atoms with E-state index in [9.17, 15) is 4.79 Å². The normalized spacial score (nSPS) is 17.6. The Hall–Kier alpha value is -2.87. The van der Waals surface area contributed by atoms with Crippen LogP contribution in [0.2, 0.25) is 0 Å². The third kappa shape index (κ3) is 14.6. The van der Waals surface area contributed by atoms with Crippen LogP contribution in [-0.4, -0.2) is 60.0 Å². The van der Waals surface area contributed by atoms with Crippen LogP contribution in [0.15, 0.2) is 73.1 Å². The molecule has 51 heavy (non-hydrogen) atoms. The van der Waals surface area contributed by atoms with Crippen molar-refractivity contribution in [1.29, 1.82) is 0 Å². The predicted octanol–water partition coefficient (Wildman–Crippen LogP) is 10.5. The number of carbonyl (C=O) groups is 1. The van der Waals surface area contributed by atoms with E-state index in [1.807, 2.05) is 58.3 Å². The van der Waals surface area contributed by atoms with Crippen LogP contribution in [0.4, 0.5) is 11.6 Å². The van der Waals surface area contributed by atoms with Crippen molar-refractivity contribution in [3.05, 3.63) is 80.5 Å². The molecule has 0 radical (unpaired) electrons. The van der Waals surface area contributed by atoms with Gasteiger partial charge in [-0.15, -0.1) is 12.4 Å². The Morgan fingerprint density at radius 2 is 1.06 bits per heavy atom. The average Bonchev–Trinajstić information content (AvgIpc) is 3.89. The first-order valence-electron chi connectivity index (χ1n) is 18.2. The van der Waals surface area contributed by atoms with Gasteiger partial charge in [0.2, 0.25) is 0 Å². The van der Waals surface area contributed by atoms with Gasteiger partial charge in [-0.3, -0.25) is 4.79 Å². The summed E-state index contributed by atoms with van der Waals surface area (Å²) in [5, 5.41) is 11.7. The maximum Gasteiger partial charge on any atom is 0.168 e. The molecular formula is C41H62ClN4O4P-2. The summed E-state index contributed by atoms with van der Waals surface area (Å²) in [5.74, 6) is 1.98. The smallest absolute Gasteiger partial charge is 0.168 e. The largest absolute Gasteiger partial charge is 0.577 e. The van der Waals surface area contributed by atoms with Gasteiger partial charge < -0.3 is 42.2 Å². The van der Waals surface area contributed by atoms with Gasteiger partial charge in [0.15, 0.2) is 5.79 Å². The summed E-state index contributed by atoms with van der Waals surface area (Å²) in [6.45, 7) is 11.5. The van der Waals surface area contributed by atoms with Crippen LogP contribution >= 0.6 is 22.3 Å². The Morgan fingerprint density at radius 1 is 0.647 bits per heavy atom. The third-order valence-electron chi connectivity index (χ3n) is 8.90. The van der Waals surface area contributed by atoms with Crippen LogP contribution in [0.25, 0.3) is 21.5 Å². The second kappa shape index (κ2) is 25.2. The molecule has 284 valence electrons. The highest BCUT2D eigenvalue weighted by Crippen LogP contribution is 2.36. The molecule has 4 fully saturated rings. The first-order valence-corrected chi connectivity index (χ1v) is 18.2. The lowest BCUT2D eigenvalue weighted by molar-refractivity contribution is -0.177. The Kier molecular flexibility index (Phi) is 22.8. The standard InChI is InChI=1S/C17H20N2O2.C15H16N2O.C4H8O.2C2H6.CH3.ClH.H2P/c1-2-4-14-12-18-16(11-13(14)3-1)19-15-5-7-17(8-6-15)20-9-10-21-17;18-14-7-5-13(6-8-14)17-15-9-11-3-1-2-4-12(11)10-16-15;1-2-4-5-3-1;2*1-2;;;/h1-4,11-12,15H,5-10H2,(H,18,19);1-4,9-10,13H,5-8H2,(H,16,17);1-4H2;2*1-2H3;1H3;1H;1H2/q;;;;;-1;;-1. The summed E-state index contributed by atoms with van der Waals surface area (Å²) < 4.78 is 16.5. The van der Waals surface area contributed by atoms with Crippen LogP contribution in [0.5, 0.6) is 0 Å². The first-order chi connectivity index (χ1) is 23.6. The van der Waals surface area contributed by atoms with Crippen molar-refractivity contribution in [2.24, 2.45) is 0 Å². The highest BCUT2D eigenvalue weighted by atomic mass is 35.5. The molecule has 2 aromatic carbocycles. The fourth-order valence-electron chi connectivity index (χ4n) is 6.33. The van der Waals surface area contributed by atoms with Crippen molar-refractivity contribution in [2.45, 2.75) is 110 Å². The van der Waals surface area contributed by atoms with Gasteiger partial charge in [-0.2, -0.15) is 0 Å². The van der Waals surface area contributed by atoms with Crippen LogP contribution in [0, 0.1) is 7.43 Å². The van der Waals surface area contributed by atoms with Crippen molar-refractivity contribution in [3.63, 3.8) is 0 Å². The minimum atomic E-state index is -0.283. The van der Waals surface area contributed by atoms with Gasteiger partial charge in [-0.05, 0) is 61.4 Å². The molecule has 2 saturated carbocycles. The third-order valence-corrected chi connectivity index (χ3v) is 8.90. The molecule has 2 saturated heterocycles. The average molecular weight is 741 g/mol. The second-order valence-corrected chi connectivity index (χ2v) is 12.1. The van der Waals surface area contributed by atoms with Crippen LogP contribution in [0.3, 0.4) is 0 Å². The molecule has 1 spiro atoms. The minimum absolute atomic E-state index is 0. The number of pyridine rings is 2. The number of Topliss-reactive ketones (excluding diaryl/α,β-unsaturated/α-hetero) is 1. The number of ketones is 1. The molecule has 0 atom stereocenters. The minimum Gasteiger partial charge on any atom is -0.577 e. The van der Waals surface area contributed by atoms with E-state index in [-0.39, 0.29) is 35.5 Å². The molecule has 0 bridgehead atoms. The summed E-state index contributed by atoms with van der Waals surface area (Å²) in [5.41, 5.74) is 0. The number of nitrogens with one attached hydrogen (secondary N) is 2. The number of aromatic nitrogens is 2. The molecule has 2 aliphatic heterocycles. The molecule has 2 N–H and O–H groups in total. The fourth-order valence-corrected chi connectivity index (χ4v) is 6.33. The highest BCUT2D eigenvalue weighted by molar-refractivity contribution is 6.92. The monoisotopic (exact) mass is 740 g/mol. The maximum absolute atomic E-state index is 11.2. The van der Waals surface area contributed by atoms with E-state index in [0.717, 1.165) is 82.0 Å². The molecule has 8 rings (SSSR count). The molecule has 10 heteroatoms. The van der Waals surface area contributed by atoms with Crippen LogP contribution in [0.1, 0.15) is 91.9 Å². The summed E-state index contributed by atoms with van der Waals surface area (Å²) in [6, 6.07) is 21.6. The van der Waals surface area contributed by atoms with Gasteiger partial charge in [0, 0.05) is 74.1 Å². The SMILES string of the molecule is C1CCOC1.CC.CC.Cl.O=C1CCC(Nc2cc3ccccc3cn2)CC1.[CH3-].[PH2-].c1ccc2cc(NC3CCC4(CC3)OCCO4)ncc2c1. The van der Waals surface area contributed by atoms with E-state index >= 15 is 0 Å². The van der Waals surface area contributed by atoms with E-state index in [1.54, 1.807) is 0 Å². The molecular weight excluding hydrogens is 679 g/mol. The molecule has 0 amide bonds. The second-order valence-electron chi connectivity index (χ2n) is 12.1. The van der Waals surface area contributed by atoms with Crippen molar-refractivity contribution >= 4 is 61.3 Å². The molecule has 4 aliphatic rings. The van der Waals surface area contributed by atoms with E-state index in [1.165, 1.54) is 29.0 Å². The van der Waals surface area contributed by atoms with Crippen LogP contribution < -0.4 is 10.6 Å². The van der Waals surface area contributed by atoms with Crippen molar-refractivity contribution in [2.75, 3.05) is 37.1 Å². The number of rotatable bonds is 4. The van der Waals surface area contributed by atoms with Crippen molar-refractivity contribution in [3.8, 4) is 0 Å². The number of carbonyl (C=O) groups excluding carboxylic acids is 1. The number of fused-ring (bicyclic) bond motifs is 2. The number of nitrogens with zero attached hydrogens (tertiary/aromatic N) is 2. The Balaban J connectivity index is 0.000000397. The van der Waals surface area contributed by atoms with Crippen LogP contribution in [-0.2, 0) is 19.0 Å². The van der Waals surface area contributed by atoms with Gasteiger partial charge in [0.1, 0.15) is 17.4 Å². The summed E-state index contributed by atoms with van der Waals surface area (Å²) in [6.07, 6.45) is 13.7. The molecule has 0 unspecified atom stereocenters. The zero-order valence-corrected chi connectivity index (χ0v) is 33.5. The first kappa shape index (κ1) is 46.2. The number of anilines is 2. The summed E-state index contributed by atoms with van der Waals surface area (Å²) in [4.78, 5) is 20.1. The Morgan fingerprint density at radius 3 is 1.47 bits per heavy atom. The predicted molar refractivity (Wildman–Crippen MR) is 221 cm³/mol. The lowest BCUT2D eigenvalue weighted by atomic mass is 9.90. The van der Waals surface area contributed by atoms with E-state index in [4.69, 9.17) is 14.2 Å². The van der Waals surface area contributed by atoms with Crippen molar-refractivity contribution < 1.29 is 19.0 Å². The Bertz CT molecular complexity index is 1510. The van der Waals surface area contributed by atoms with Gasteiger partial charge in [-0.25, -0.2) is 9.97 Å².